The number of fused-ring (bicyclic) bond motifs is 3. The van der Waals surface area contributed by atoms with E-state index < -0.39 is 27.4 Å². The van der Waals surface area contributed by atoms with Crippen LogP contribution >= 0.6 is 15.9 Å². The molecule has 4 aromatic rings. The van der Waals surface area contributed by atoms with Crippen molar-refractivity contribution in [1.29, 1.82) is 0 Å². The van der Waals surface area contributed by atoms with Crippen LogP contribution in [0.1, 0.15) is 111 Å². The van der Waals surface area contributed by atoms with Crippen molar-refractivity contribution in [2.24, 2.45) is 0 Å². The number of benzene rings is 4. The van der Waals surface area contributed by atoms with E-state index in [0.717, 1.165) is 47.9 Å². The Morgan fingerprint density at radius 1 is 0.726 bits per heavy atom. The van der Waals surface area contributed by atoms with Crippen molar-refractivity contribution in [3.8, 4) is 0 Å². The van der Waals surface area contributed by atoms with Crippen molar-refractivity contribution in [3.05, 3.63) is 136 Å². The number of aliphatic hydroxyl groups is 1. The number of aliphatic hydroxyl groups excluding tert-OH is 1. The highest BCUT2D eigenvalue weighted by atomic mass is 79.9. The average Bonchev–Trinajstić information content (AvgIpc) is 3.18. The van der Waals surface area contributed by atoms with E-state index >= 15 is 0 Å². The summed E-state index contributed by atoms with van der Waals surface area (Å²) in [5.41, 5.74) is 7.32. The summed E-state index contributed by atoms with van der Waals surface area (Å²) in [6.45, 7) is 16.1. The van der Waals surface area contributed by atoms with Crippen LogP contribution in [0.4, 0.5) is 9.59 Å². The summed E-state index contributed by atoms with van der Waals surface area (Å²) in [5, 5.41) is 14.8. The van der Waals surface area contributed by atoms with Gasteiger partial charge in [-0.3, -0.25) is 8.98 Å². The SMILES string of the molecule is CC(C)(C)OC(=O)NCCBr.CCCOC1Cc2ccccc21.Cc1ccc(S(=O)(=O)OCCNC(=O)OC(C)(C)C)cc1.O=C1Cc2ccccc21.OC1Cc2ccccc21. The third kappa shape index (κ3) is 18.4. The lowest BCUT2D eigenvalue weighted by molar-refractivity contribution is 0.0374. The Bertz CT molecular complexity index is 2150. The van der Waals surface area contributed by atoms with Crippen LogP contribution in [0, 0.1) is 6.92 Å². The molecule has 14 heteroatoms. The van der Waals surface area contributed by atoms with Crippen molar-refractivity contribution in [1.82, 2.24) is 10.6 Å². The van der Waals surface area contributed by atoms with Gasteiger partial charge < -0.3 is 30.0 Å². The monoisotopic (exact) mass is 938 g/mol. The molecule has 0 spiro atoms. The van der Waals surface area contributed by atoms with E-state index in [1.807, 2.05) is 70.2 Å². The van der Waals surface area contributed by atoms with Crippen molar-refractivity contribution in [3.63, 3.8) is 0 Å². The molecule has 0 saturated carbocycles. The Labute approximate surface area is 376 Å². The van der Waals surface area contributed by atoms with Crippen LogP contribution in [0.15, 0.2) is 102 Å². The minimum atomic E-state index is -3.80. The molecule has 3 aliphatic rings. The first-order chi connectivity index (χ1) is 29.2. The predicted octanol–water partition coefficient (Wildman–Crippen LogP) is 9.54. The Morgan fingerprint density at radius 2 is 1.24 bits per heavy atom. The number of hydrogen-bond donors (Lipinski definition) is 3. The van der Waals surface area contributed by atoms with E-state index in [0.29, 0.717) is 19.1 Å². The highest BCUT2D eigenvalue weighted by molar-refractivity contribution is 9.09. The summed E-state index contributed by atoms with van der Waals surface area (Å²) in [7, 11) is -3.80. The van der Waals surface area contributed by atoms with Gasteiger partial charge in [0.1, 0.15) is 11.2 Å². The van der Waals surface area contributed by atoms with Gasteiger partial charge in [0.2, 0.25) is 0 Å². The van der Waals surface area contributed by atoms with Crippen molar-refractivity contribution in [2.75, 3.05) is 31.6 Å². The van der Waals surface area contributed by atoms with Crippen LogP contribution in [0.5, 0.6) is 0 Å². The topological polar surface area (TPSA) is 167 Å². The van der Waals surface area contributed by atoms with Crippen LogP contribution in [-0.2, 0) is 47.8 Å². The molecule has 62 heavy (non-hydrogen) atoms. The second kappa shape index (κ2) is 24.9. The average molecular weight is 940 g/mol. The lowest BCUT2D eigenvalue weighted by atomic mass is 9.85. The predicted molar refractivity (Wildman–Crippen MR) is 245 cm³/mol. The third-order valence-corrected chi connectivity index (χ3v) is 10.6. The molecule has 0 bridgehead atoms. The Morgan fingerprint density at radius 3 is 1.69 bits per heavy atom. The highest BCUT2D eigenvalue weighted by Crippen LogP contribution is 2.35. The van der Waals surface area contributed by atoms with E-state index in [1.54, 1.807) is 32.9 Å². The van der Waals surface area contributed by atoms with Crippen molar-refractivity contribution >= 4 is 44.0 Å². The van der Waals surface area contributed by atoms with Gasteiger partial charge in [0, 0.05) is 49.9 Å². The zero-order valence-electron chi connectivity index (χ0n) is 37.2. The summed E-state index contributed by atoms with van der Waals surface area (Å²) < 4.78 is 44.2. The van der Waals surface area contributed by atoms with Crippen LogP contribution in [-0.4, -0.2) is 74.3 Å². The molecule has 3 aliphatic carbocycles. The Kier molecular flexibility index (Phi) is 20.8. The lowest BCUT2D eigenvalue weighted by Gasteiger charge is -2.29. The molecule has 0 saturated heterocycles. The largest absolute Gasteiger partial charge is 0.444 e. The number of carbonyl (C=O) groups is 3. The van der Waals surface area contributed by atoms with Gasteiger partial charge in [-0.25, -0.2) is 9.59 Å². The minimum Gasteiger partial charge on any atom is -0.444 e. The fraction of sp³-hybridized carbons (Fsp3) is 0.438. The first-order valence-corrected chi connectivity index (χ1v) is 23.3. The fourth-order valence-corrected chi connectivity index (χ4v) is 6.92. The molecular weight excluding hydrogens is 877 g/mol. The number of carbonyl (C=O) groups excluding carboxylic acids is 3. The second-order valence-electron chi connectivity index (χ2n) is 16.6. The zero-order valence-corrected chi connectivity index (χ0v) is 39.6. The van der Waals surface area contributed by atoms with Gasteiger partial charge in [0.25, 0.3) is 10.1 Å². The maximum Gasteiger partial charge on any atom is 0.407 e. The molecule has 7 rings (SSSR count). The molecular formula is C48H63BrN2O10S. The number of ketones is 1. The summed E-state index contributed by atoms with van der Waals surface area (Å²) in [6, 6.07) is 30.6. The molecule has 2 unspecified atom stereocenters. The number of ether oxygens (including phenoxy) is 3. The number of hydrogen-bond acceptors (Lipinski definition) is 10. The van der Waals surface area contributed by atoms with Gasteiger partial charge in [-0.05, 0) is 94.8 Å². The van der Waals surface area contributed by atoms with E-state index in [1.165, 1.54) is 34.4 Å². The maximum atomic E-state index is 11.9. The number of halogens is 1. The van der Waals surface area contributed by atoms with Crippen LogP contribution in [0.3, 0.4) is 0 Å². The van der Waals surface area contributed by atoms with Crippen LogP contribution < -0.4 is 10.6 Å². The number of nitrogens with one attached hydrogen (secondary N) is 2. The van der Waals surface area contributed by atoms with E-state index in [4.69, 9.17) is 23.5 Å². The fourth-order valence-electron chi connectivity index (χ4n) is 5.82. The van der Waals surface area contributed by atoms with Gasteiger partial charge in [0.15, 0.2) is 5.78 Å². The van der Waals surface area contributed by atoms with Gasteiger partial charge in [0.05, 0.1) is 23.7 Å². The highest BCUT2D eigenvalue weighted by Gasteiger charge is 2.26. The van der Waals surface area contributed by atoms with Gasteiger partial charge in [-0.1, -0.05) is 113 Å². The number of rotatable bonds is 10. The van der Waals surface area contributed by atoms with Crippen LogP contribution in [0.25, 0.3) is 0 Å². The summed E-state index contributed by atoms with van der Waals surface area (Å²) in [6.07, 6.45) is 2.94. The third-order valence-electron chi connectivity index (χ3n) is 8.91. The quantitative estimate of drug-likeness (QED) is 0.0792. The van der Waals surface area contributed by atoms with Crippen molar-refractivity contribution in [2.45, 2.75) is 109 Å². The standard InChI is InChI=1S/C14H21NO5S.C11H14O.C8H8O.C8H6O.C7H14BrNO2/c1-11-5-7-12(8-6-11)21(17,18)19-10-9-15-13(16)20-14(2,3)4;1-2-7-12-11-8-9-5-3-4-6-10(9)11;2*9-8-5-6-3-1-2-4-7(6)8;1-7(2,3)11-6(10)9-5-4-8/h5-8H,9-10H2,1-4H3,(H,15,16);3-6,11H,2,7-8H2,1H3;1-4,8-9H,5H2;1-4H,5H2;4-5H2,1-3H3,(H,9,10). The molecule has 0 fully saturated rings. The van der Waals surface area contributed by atoms with E-state index in [9.17, 15) is 22.8 Å². The lowest BCUT2D eigenvalue weighted by Crippen LogP contribution is -2.34. The Hall–Kier alpha value is -4.60. The van der Waals surface area contributed by atoms with Crippen LogP contribution in [0.2, 0.25) is 0 Å². The van der Waals surface area contributed by atoms with Gasteiger partial charge in [-0.2, -0.15) is 8.42 Å². The Balaban J connectivity index is 0.000000215. The maximum absolute atomic E-state index is 11.9. The molecule has 0 heterocycles. The van der Waals surface area contributed by atoms with Gasteiger partial charge in [-0.15, -0.1) is 0 Å². The van der Waals surface area contributed by atoms with E-state index in [-0.39, 0.29) is 36.0 Å². The zero-order chi connectivity index (χ0) is 45.9. The number of aryl methyl sites for hydroxylation is 1. The first-order valence-electron chi connectivity index (χ1n) is 20.7. The molecule has 2 atom stereocenters. The normalized spacial score (nSPS) is 15.2. The molecule has 2 amide bonds. The number of alkyl halides is 1. The smallest absolute Gasteiger partial charge is 0.407 e. The van der Waals surface area contributed by atoms with Crippen molar-refractivity contribution < 1.29 is 46.3 Å². The molecule has 12 nitrogen and oxygen atoms in total. The van der Waals surface area contributed by atoms with Gasteiger partial charge >= 0.3 is 12.2 Å². The second-order valence-corrected chi connectivity index (χ2v) is 19.0. The number of Topliss-reactive ketones (excluding diaryl/α,β-unsaturated/α-hetero) is 1. The minimum absolute atomic E-state index is 0.0417. The molecule has 0 aromatic heterocycles. The first kappa shape index (κ1) is 51.7. The summed E-state index contributed by atoms with van der Waals surface area (Å²) >= 11 is 3.19. The number of amides is 2. The molecule has 338 valence electrons. The molecule has 0 radical (unpaired) electrons. The summed E-state index contributed by atoms with van der Waals surface area (Å²) in [4.78, 5) is 33.0. The molecule has 3 N–H and O–H groups in total. The molecule has 4 aromatic carbocycles. The summed E-state index contributed by atoms with van der Waals surface area (Å²) in [5.74, 6) is 0.283. The number of alkyl carbamates (subject to hydrolysis) is 2. The molecule has 0 aliphatic heterocycles. The van der Waals surface area contributed by atoms with E-state index in [2.05, 4.69) is 63.8 Å².